The molecule has 2 aliphatic heterocycles. The molecule has 252 valence electrons. The van der Waals surface area contributed by atoms with Gasteiger partial charge in [-0.1, -0.05) is 6.08 Å². The molecule has 1 N–H and O–H groups in total. The molecule has 2 aliphatic rings. The van der Waals surface area contributed by atoms with Gasteiger partial charge in [0.05, 0.1) is 12.1 Å². The van der Waals surface area contributed by atoms with E-state index in [0.29, 0.717) is 43.2 Å². The monoisotopic (exact) mass is 661 g/mol. The van der Waals surface area contributed by atoms with E-state index in [1.165, 1.54) is 4.90 Å². The number of benzene rings is 1. The van der Waals surface area contributed by atoms with Gasteiger partial charge in [0.25, 0.3) is 5.91 Å². The highest BCUT2D eigenvalue weighted by molar-refractivity contribution is 5.94. The molecule has 0 radical (unpaired) electrons. The van der Waals surface area contributed by atoms with Crippen molar-refractivity contribution in [2.24, 2.45) is 0 Å². The van der Waals surface area contributed by atoms with Crippen molar-refractivity contribution in [1.82, 2.24) is 34.4 Å². The Morgan fingerprint density at radius 2 is 1.83 bits per heavy atom. The van der Waals surface area contributed by atoms with Gasteiger partial charge in [0, 0.05) is 81.7 Å². The third-order valence-corrected chi connectivity index (χ3v) is 8.71. The molecule has 0 aliphatic carbocycles. The molecule has 5 heterocycles. The Kier molecular flexibility index (Phi) is 9.33. The van der Waals surface area contributed by atoms with Crippen molar-refractivity contribution in [2.45, 2.75) is 51.1 Å². The van der Waals surface area contributed by atoms with Crippen LogP contribution in [0.3, 0.4) is 0 Å². The Hall–Kier alpha value is -5.01. The highest BCUT2D eigenvalue weighted by atomic mass is 19.4. The van der Waals surface area contributed by atoms with Gasteiger partial charge in [-0.05, 0) is 68.2 Å². The molecular weight excluding hydrogens is 623 g/mol. The average molecular weight is 662 g/mol. The summed E-state index contributed by atoms with van der Waals surface area (Å²) in [5.41, 5.74) is 4.69. The average Bonchev–Trinajstić information content (AvgIpc) is 3.49. The number of halogens is 3. The molecule has 0 saturated carbocycles. The van der Waals surface area contributed by atoms with Crippen LogP contribution < -0.4 is 10.2 Å². The molecule has 11 nitrogen and oxygen atoms in total. The number of alkyl halides is 3. The molecule has 48 heavy (non-hydrogen) atoms. The zero-order valence-electron chi connectivity index (χ0n) is 27.2. The maximum atomic E-state index is 13.5. The van der Waals surface area contributed by atoms with E-state index in [2.05, 4.69) is 20.4 Å². The standard InChI is InChI=1S/C34H38F3N9O2/c1-22-38-28(20-29(39-22)43(2)3)25-6-4-16-45(21-25)32(48)24-8-10-26(11-9-24)40-33-41-31-27(7-5-17-46(31)42-33)23-13-18-44(19-14-23)30(47)12-15-34(35,36)37/h5,7-11,13,17,20,25H,4,6,12,14-16,18-19,21H2,1-3H3,(H,40,42). The summed E-state index contributed by atoms with van der Waals surface area (Å²) < 4.78 is 39.3. The summed E-state index contributed by atoms with van der Waals surface area (Å²) in [6.45, 7) is 3.76. The Bertz CT molecular complexity index is 1840. The summed E-state index contributed by atoms with van der Waals surface area (Å²) in [7, 11) is 3.91. The lowest BCUT2D eigenvalue weighted by atomic mass is 9.93. The number of aromatic nitrogens is 5. The van der Waals surface area contributed by atoms with Gasteiger partial charge in [-0.2, -0.15) is 18.2 Å². The maximum absolute atomic E-state index is 13.5. The number of hydrogen-bond acceptors (Lipinski definition) is 8. The molecule has 6 rings (SSSR count). The van der Waals surface area contributed by atoms with E-state index in [-0.39, 0.29) is 18.4 Å². The van der Waals surface area contributed by atoms with Gasteiger partial charge >= 0.3 is 6.18 Å². The van der Waals surface area contributed by atoms with Crippen LogP contribution in [0.25, 0.3) is 11.2 Å². The van der Waals surface area contributed by atoms with Gasteiger partial charge in [-0.3, -0.25) is 9.59 Å². The van der Waals surface area contributed by atoms with E-state index < -0.39 is 24.9 Å². The van der Waals surface area contributed by atoms with Gasteiger partial charge in [-0.25, -0.2) is 14.5 Å². The number of hydrogen-bond donors (Lipinski definition) is 1. The van der Waals surface area contributed by atoms with Crippen molar-refractivity contribution in [2.75, 3.05) is 50.5 Å². The predicted molar refractivity (Wildman–Crippen MR) is 176 cm³/mol. The number of amides is 2. The molecule has 4 aromatic rings. The zero-order valence-corrected chi connectivity index (χ0v) is 27.2. The van der Waals surface area contributed by atoms with Crippen LogP contribution >= 0.6 is 0 Å². The second kappa shape index (κ2) is 13.6. The van der Waals surface area contributed by atoms with Crippen LogP contribution in [0.5, 0.6) is 0 Å². The maximum Gasteiger partial charge on any atom is 0.389 e. The van der Waals surface area contributed by atoms with E-state index in [1.54, 1.807) is 22.8 Å². The SMILES string of the molecule is Cc1nc(C2CCCN(C(=O)c3ccc(Nc4nc5c(C6=CCN(C(=O)CCC(F)(F)F)CC6)cccn5n4)cc3)C2)cc(N(C)C)n1. The number of aryl methyl sites for hydroxylation is 1. The van der Waals surface area contributed by atoms with E-state index in [1.807, 2.05) is 67.2 Å². The molecule has 1 saturated heterocycles. The number of anilines is 3. The summed E-state index contributed by atoms with van der Waals surface area (Å²) in [5, 5.41) is 7.77. The fourth-order valence-electron chi connectivity index (χ4n) is 6.18. The molecule has 1 fully saturated rings. The second-order valence-electron chi connectivity index (χ2n) is 12.4. The van der Waals surface area contributed by atoms with Crippen molar-refractivity contribution in [3.63, 3.8) is 0 Å². The number of likely N-dealkylation sites (tertiary alicyclic amines) is 1. The number of piperidine rings is 1. The number of nitrogens with zero attached hydrogens (tertiary/aromatic N) is 8. The number of carbonyl (C=O) groups is 2. The smallest absolute Gasteiger partial charge is 0.363 e. The number of carbonyl (C=O) groups excluding carboxylic acids is 2. The van der Waals surface area contributed by atoms with Gasteiger partial charge in [-0.15, -0.1) is 5.10 Å². The molecule has 0 spiro atoms. The summed E-state index contributed by atoms with van der Waals surface area (Å²) in [6.07, 6.45) is -0.0135. The summed E-state index contributed by atoms with van der Waals surface area (Å²) in [6, 6.07) is 13.0. The fraction of sp³-hybridized carbons (Fsp3) is 0.412. The molecule has 1 atom stereocenters. The highest BCUT2D eigenvalue weighted by Crippen LogP contribution is 2.30. The lowest BCUT2D eigenvalue weighted by molar-refractivity contribution is -0.148. The number of pyridine rings is 1. The van der Waals surface area contributed by atoms with Crippen LogP contribution in [0.2, 0.25) is 0 Å². The Morgan fingerprint density at radius 3 is 2.54 bits per heavy atom. The van der Waals surface area contributed by atoms with Crippen molar-refractivity contribution in [3.05, 3.63) is 77.4 Å². The minimum Gasteiger partial charge on any atom is -0.363 e. The quantitative estimate of drug-likeness (QED) is 0.259. The minimum atomic E-state index is -4.35. The molecule has 2 amide bonds. The first kappa shape index (κ1) is 32.9. The van der Waals surface area contributed by atoms with Crippen molar-refractivity contribution < 1.29 is 22.8 Å². The summed E-state index contributed by atoms with van der Waals surface area (Å²) >= 11 is 0. The van der Waals surface area contributed by atoms with Crippen LogP contribution in [0.4, 0.5) is 30.6 Å². The third kappa shape index (κ3) is 7.58. The summed E-state index contributed by atoms with van der Waals surface area (Å²) in [5.74, 6) is 1.56. The molecule has 0 bridgehead atoms. The van der Waals surface area contributed by atoms with E-state index in [4.69, 9.17) is 4.98 Å². The molecule has 14 heteroatoms. The van der Waals surface area contributed by atoms with Crippen LogP contribution in [-0.4, -0.2) is 92.6 Å². The third-order valence-electron chi connectivity index (χ3n) is 8.71. The number of nitrogens with one attached hydrogen (secondary N) is 1. The van der Waals surface area contributed by atoms with Crippen LogP contribution in [0, 0.1) is 6.92 Å². The van der Waals surface area contributed by atoms with Gasteiger partial charge in [0.1, 0.15) is 11.6 Å². The first-order chi connectivity index (χ1) is 22.9. The Morgan fingerprint density at radius 1 is 1.04 bits per heavy atom. The number of rotatable bonds is 8. The summed E-state index contributed by atoms with van der Waals surface area (Å²) in [4.78, 5) is 44.9. The number of fused-ring (bicyclic) bond motifs is 1. The van der Waals surface area contributed by atoms with Crippen molar-refractivity contribution >= 4 is 40.5 Å². The Labute approximate surface area is 276 Å². The molecule has 1 unspecified atom stereocenters. The molecule has 3 aromatic heterocycles. The second-order valence-corrected chi connectivity index (χ2v) is 12.4. The van der Waals surface area contributed by atoms with Crippen LogP contribution in [-0.2, 0) is 4.79 Å². The lowest BCUT2D eigenvalue weighted by Gasteiger charge is -2.33. The Balaban J connectivity index is 1.10. The van der Waals surface area contributed by atoms with E-state index in [9.17, 15) is 22.8 Å². The fourth-order valence-corrected chi connectivity index (χ4v) is 6.18. The topological polar surface area (TPSA) is 112 Å². The van der Waals surface area contributed by atoms with Crippen LogP contribution in [0.1, 0.15) is 65.5 Å². The molecular formula is C34H38F3N9O2. The van der Waals surface area contributed by atoms with Crippen molar-refractivity contribution in [3.8, 4) is 0 Å². The zero-order chi connectivity index (χ0) is 34.0. The predicted octanol–water partition coefficient (Wildman–Crippen LogP) is 5.62. The first-order valence-corrected chi connectivity index (χ1v) is 16.0. The van der Waals surface area contributed by atoms with Gasteiger partial charge in [0.2, 0.25) is 11.9 Å². The first-order valence-electron chi connectivity index (χ1n) is 16.0. The minimum absolute atomic E-state index is 0.0262. The van der Waals surface area contributed by atoms with Crippen molar-refractivity contribution in [1.29, 1.82) is 0 Å². The normalized spacial score (nSPS) is 17.0. The van der Waals surface area contributed by atoms with Crippen LogP contribution in [0.15, 0.2) is 54.7 Å². The highest BCUT2D eigenvalue weighted by Gasteiger charge is 2.30. The van der Waals surface area contributed by atoms with E-state index >= 15 is 0 Å². The lowest BCUT2D eigenvalue weighted by Crippen LogP contribution is -2.39. The van der Waals surface area contributed by atoms with E-state index in [0.717, 1.165) is 47.0 Å². The molecule has 1 aromatic carbocycles. The van der Waals surface area contributed by atoms with Gasteiger partial charge < -0.3 is 20.0 Å². The van der Waals surface area contributed by atoms with Gasteiger partial charge in [0.15, 0.2) is 5.65 Å². The largest absolute Gasteiger partial charge is 0.389 e.